The lowest BCUT2D eigenvalue weighted by atomic mass is 10.2. The van der Waals surface area contributed by atoms with Crippen molar-refractivity contribution in [3.63, 3.8) is 0 Å². The van der Waals surface area contributed by atoms with Gasteiger partial charge in [0.2, 0.25) is 0 Å². The van der Waals surface area contributed by atoms with E-state index >= 15 is 0 Å². The van der Waals surface area contributed by atoms with E-state index in [1.165, 1.54) is 12.1 Å². The summed E-state index contributed by atoms with van der Waals surface area (Å²) >= 11 is 0. The minimum atomic E-state index is -0.859. The lowest BCUT2D eigenvalue weighted by Gasteiger charge is -2.07. The molecular formula is C15H11F2NO. The van der Waals surface area contributed by atoms with Crippen molar-refractivity contribution in [2.45, 2.75) is 6.61 Å². The zero-order chi connectivity index (χ0) is 13.2. The molecule has 96 valence electrons. The molecule has 0 fully saturated rings. The highest BCUT2D eigenvalue weighted by atomic mass is 19.2. The number of nitrogens with one attached hydrogen (secondary N) is 1. The summed E-state index contributed by atoms with van der Waals surface area (Å²) in [6, 6.07) is 11.5. The minimum absolute atomic E-state index is 0.000473. The molecule has 0 radical (unpaired) electrons. The standard InChI is InChI=1S/C15H11F2NO/c16-13-3-1-2-11(15(13)17)9-19-12-4-5-14-10(8-12)6-7-18-14/h1-8,18H,9H2. The molecule has 3 rings (SSSR count). The number of benzene rings is 2. The van der Waals surface area contributed by atoms with E-state index in [-0.39, 0.29) is 12.2 Å². The summed E-state index contributed by atoms with van der Waals surface area (Å²) in [4.78, 5) is 3.07. The maximum Gasteiger partial charge on any atom is 0.165 e. The second-order valence-corrected chi connectivity index (χ2v) is 4.23. The van der Waals surface area contributed by atoms with Gasteiger partial charge in [-0.25, -0.2) is 8.78 Å². The number of ether oxygens (including phenoxy) is 1. The summed E-state index contributed by atoms with van der Waals surface area (Å²) in [6.45, 7) is -0.000473. The van der Waals surface area contributed by atoms with Crippen LogP contribution in [0.15, 0.2) is 48.7 Å². The Balaban J connectivity index is 1.80. The molecule has 0 bridgehead atoms. The van der Waals surface area contributed by atoms with Gasteiger partial charge in [-0.2, -0.15) is 0 Å². The fourth-order valence-corrected chi connectivity index (χ4v) is 1.94. The van der Waals surface area contributed by atoms with Crippen molar-refractivity contribution in [3.05, 3.63) is 65.9 Å². The molecule has 0 unspecified atom stereocenters. The lowest BCUT2D eigenvalue weighted by Crippen LogP contribution is -2.00. The monoisotopic (exact) mass is 259 g/mol. The average Bonchev–Trinajstić information content (AvgIpc) is 2.88. The second-order valence-electron chi connectivity index (χ2n) is 4.23. The Morgan fingerprint density at radius 1 is 1.05 bits per heavy atom. The first-order valence-corrected chi connectivity index (χ1v) is 5.87. The van der Waals surface area contributed by atoms with Crippen molar-refractivity contribution in [1.29, 1.82) is 0 Å². The van der Waals surface area contributed by atoms with Crippen LogP contribution in [0.3, 0.4) is 0 Å². The van der Waals surface area contributed by atoms with Gasteiger partial charge < -0.3 is 9.72 Å². The zero-order valence-electron chi connectivity index (χ0n) is 9.99. The van der Waals surface area contributed by atoms with E-state index in [1.54, 1.807) is 6.07 Å². The molecule has 0 spiro atoms. The SMILES string of the molecule is Fc1cccc(COc2ccc3[nH]ccc3c2)c1F. The second kappa shape index (κ2) is 4.72. The van der Waals surface area contributed by atoms with Gasteiger partial charge in [-0.3, -0.25) is 0 Å². The number of hydrogen-bond acceptors (Lipinski definition) is 1. The molecule has 0 amide bonds. The van der Waals surface area contributed by atoms with Gasteiger partial charge in [-0.15, -0.1) is 0 Å². The molecule has 1 heterocycles. The average molecular weight is 259 g/mol. The molecule has 19 heavy (non-hydrogen) atoms. The predicted octanol–water partition coefficient (Wildman–Crippen LogP) is 4.03. The fraction of sp³-hybridized carbons (Fsp3) is 0.0667. The van der Waals surface area contributed by atoms with Crippen LogP contribution in [0.4, 0.5) is 8.78 Å². The Labute approximate surface area is 108 Å². The summed E-state index contributed by atoms with van der Waals surface area (Å²) < 4.78 is 32.0. The Morgan fingerprint density at radius 2 is 1.95 bits per heavy atom. The van der Waals surface area contributed by atoms with Crippen LogP contribution in [0.2, 0.25) is 0 Å². The van der Waals surface area contributed by atoms with E-state index in [4.69, 9.17) is 4.74 Å². The molecule has 0 aliphatic carbocycles. The molecule has 1 aromatic heterocycles. The maximum absolute atomic E-state index is 13.4. The topological polar surface area (TPSA) is 25.0 Å². The minimum Gasteiger partial charge on any atom is -0.489 e. The Bertz CT molecular complexity index is 721. The van der Waals surface area contributed by atoms with Gasteiger partial charge in [0, 0.05) is 22.7 Å². The van der Waals surface area contributed by atoms with Crippen LogP contribution in [0.1, 0.15) is 5.56 Å². The van der Waals surface area contributed by atoms with Gasteiger partial charge in [-0.05, 0) is 30.3 Å². The van der Waals surface area contributed by atoms with Gasteiger partial charge in [0.25, 0.3) is 0 Å². The van der Waals surface area contributed by atoms with Gasteiger partial charge in [0.15, 0.2) is 11.6 Å². The van der Waals surface area contributed by atoms with Crippen LogP contribution in [-0.2, 0) is 6.61 Å². The molecular weight excluding hydrogens is 248 g/mol. The van der Waals surface area contributed by atoms with Gasteiger partial charge >= 0.3 is 0 Å². The summed E-state index contributed by atoms with van der Waals surface area (Å²) in [5, 5.41) is 1.01. The van der Waals surface area contributed by atoms with Gasteiger partial charge in [0.05, 0.1) is 0 Å². The highest BCUT2D eigenvalue weighted by Crippen LogP contribution is 2.21. The molecule has 0 atom stereocenters. The number of aromatic amines is 1. The largest absolute Gasteiger partial charge is 0.489 e. The van der Waals surface area contributed by atoms with Crippen LogP contribution < -0.4 is 4.74 Å². The van der Waals surface area contributed by atoms with E-state index in [0.717, 1.165) is 17.0 Å². The van der Waals surface area contributed by atoms with Crippen molar-refractivity contribution < 1.29 is 13.5 Å². The number of H-pyrrole nitrogens is 1. The van der Waals surface area contributed by atoms with Crippen LogP contribution in [0.25, 0.3) is 10.9 Å². The predicted molar refractivity (Wildman–Crippen MR) is 69.0 cm³/mol. The smallest absolute Gasteiger partial charge is 0.165 e. The summed E-state index contributed by atoms with van der Waals surface area (Å²) in [7, 11) is 0. The van der Waals surface area contributed by atoms with Crippen molar-refractivity contribution >= 4 is 10.9 Å². The molecule has 0 aliphatic heterocycles. The van der Waals surface area contributed by atoms with E-state index in [1.807, 2.05) is 24.4 Å². The molecule has 0 saturated heterocycles. The molecule has 2 aromatic carbocycles. The Kier molecular flexibility index (Phi) is 2.91. The van der Waals surface area contributed by atoms with E-state index < -0.39 is 11.6 Å². The molecule has 0 aliphatic rings. The number of rotatable bonds is 3. The third kappa shape index (κ3) is 2.29. The van der Waals surface area contributed by atoms with Gasteiger partial charge in [-0.1, -0.05) is 12.1 Å². The molecule has 4 heteroatoms. The first kappa shape index (κ1) is 11.7. The lowest BCUT2D eigenvalue weighted by molar-refractivity contribution is 0.297. The number of aromatic nitrogens is 1. The van der Waals surface area contributed by atoms with Crippen LogP contribution in [0, 0.1) is 11.6 Å². The third-order valence-electron chi connectivity index (χ3n) is 2.95. The van der Waals surface area contributed by atoms with Crippen molar-refractivity contribution in [3.8, 4) is 5.75 Å². The summed E-state index contributed by atoms with van der Waals surface area (Å²) in [5.41, 5.74) is 1.21. The molecule has 1 N–H and O–H groups in total. The normalized spacial score (nSPS) is 10.8. The van der Waals surface area contributed by atoms with E-state index in [0.29, 0.717) is 5.75 Å². The highest BCUT2D eigenvalue weighted by Gasteiger charge is 2.08. The summed E-state index contributed by atoms with van der Waals surface area (Å²) in [6.07, 6.45) is 1.83. The van der Waals surface area contributed by atoms with Crippen LogP contribution in [-0.4, -0.2) is 4.98 Å². The van der Waals surface area contributed by atoms with Gasteiger partial charge in [0.1, 0.15) is 12.4 Å². The molecule has 2 nitrogen and oxygen atoms in total. The number of fused-ring (bicyclic) bond motifs is 1. The first-order chi connectivity index (χ1) is 9.24. The number of halogens is 2. The number of hydrogen-bond donors (Lipinski definition) is 1. The highest BCUT2D eigenvalue weighted by molar-refractivity contribution is 5.80. The first-order valence-electron chi connectivity index (χ1n) is 5.87. The van der Waals surface area contributed by atoms with Crippen molar-refractivity contribution in [2.24, 2.45) is 0 Å². The third-order valence-corrected chi connectivity index (χ3v) is 2.95. The van der Waals surface area contributed by atoms with E-state index in [2.05, 4.69) is 4.98 Å². The van der Waals surface area contributed by atoms with Crippen LogP contribution >= 0.6 is 0 Å². The molecule has 3 aromatic rings. The quantitative estimate of drug-likeness (QED) is 0.754. The summed E-state index contributed by atoms with van der Waals surface area (Å²) in [5.74, 6) is -1.09. The zero-order valence-corrected chi connectivity index (χ0v) is 9.99. The maximum atomic E-state index is 13.4. The fourth-order valence-electron chi connectivity index (χ4n) is 1.94. The van der Waals surface area contributed by atoms with E-state index in [9.17, 15) is 8.78 Å². The Morgan fingerprint density at radius 3 is 2.84 bits per heavy atom. The van der Waals surface area contributed by atoms with Crippen LogP contribution in [0.5, 0.6) is 5.75 Å². The molecule has 0 saturated carbocycles. The van der Waals surface area contributed by atoms with Crippen molar-refractivity contribution in [2.75, 3.05) is 0 Å². The van der Waals surface area contributed by atoms with Crippen molar-refractivity contribution in [1.82, 2.24) is 4.98 Å². The Hall–Kier alpha value is -2.36.